The van der Waals surface area contributed by atoms with Gasteiger partial charge < -0.3 is 19.7 Å². The number of nitrogens with zero attached hydrogens (tertiary/aromatic N) is 2. The first-order chi connectivity index (χ1) is 13.6. The van der Waals surface area contributed by atoms with Gasteiger partial charge in [-0.05, 0) is 47.9 Å². The number of hydrogen-bond acceptors (Lipinski definition) is 4. The van der Waals surface area contributed by atoms with E-state index in [1.54, 1.807) is 42.5 Å². The lowest BCUT2D eigenvalue weighted by molar-refractivity contribution is 0.184. The van der Waals surface area contributed by atoms with Crippen LogP contribution in [0.5, 0.6) is 5.75 Å². The molecule has 0 aliphatic carbocycles. The second kappa shape index (κ2) is 9.52. The molecule has 0 saturated heterocycles. The summed E-state index contributed by atoms with van der Waals surface area (Å²) in [5, 5.41) is 3.40. The molecule has 2 amide bonds. The zero-order chi connectivity index (χ0) is 19.9. The van der Waals surface area contributed by atoms with Crippen molar-refractivity contribution in [1.82, 2.24) is 9.88 Å². The zero-order valence-electron chi connectivity index (χ0n) is 15.5. The SMILES string of the molecule is COCc1cnc(C2=CCN(C(=O)Nc3ccc(OCF)cc3)CC2)c(Cl)c1. The monoisotopic (exact) mass is 405 g/mol. The molecule has 28 heavy (non-hydrogen) atoms. The number of alkyl halides is 1. The molecule has 0 radical (unpaired) electrons. The number of benzene rings is 1. The predicted molar refractivity (Wildman–Crippen MR) is 106 cm³/mol. The van der Waals surface area contributed by atoms with Gasteiger partial charge in [-0.2, -0.15) is 0 Å². The summed E-state index contributed by atoms with van der Waals surface area (Å²) in [7, 11) is 1.62. The summed E-state index contributed by atoms with van der Waals surface area (Å²) in [5.41, 5.74) is 3.29. The largest absolute Gasteiger partial charge is 0.463 e. The van der Waals surface area contributed by atoms with Crippen LogP contribution in [0.3, 0.4) is 0 Å². The molecule has 0 saturated carbocycles. The molecule has 1 N–H and O–H groups in total. The minimum atomic E-state index is -0.887. The van der Waals surface area contributed by atoms with E-state index in [9.17, 15) is 9.18 Å². The second-order valence-corrected chi connectivity index (χ2v) is 6.65. The molecule has 1 aliphatic heterocycles. The van der Waals surface area contributed by atoms with Crippen LogP contribution in [0.4, 0.5) is 14.9 Å². The van der Waals surface area contributed by atoms with Crippen molar-refractivity contribution in [3.05, 3.63) is 58.9 Å². The van der Waals surface area contributed by atoms with Gasteiger partial charge in [0.05, 0.1) is 17.3 Å². The van der Waals surface area contributed by atoms with Gasteiger partial charge in [-0.3, -0.25) is 4.98 Å². The number of rotatable bonds is 6. The fraction of sp³-hybridized carbons (Fsp3) is 0.300. The Balaban J connectivity index is 1.60. The van der Waals surface area contributed by atoms with E-state index in [-0.39, 0.29) is 6.03 Å². The average Bonchev–Trinajstić information content (AvgIpc) is 2.70. The molecule has 1 aromatic carbocycles. The fourth-order valence-electron chi connectivity index (χ4n) is 2.93. The van der Waals surface area contributed by atoms with Crippen LogP contribution in [0.25, 0.3) is 5.57 Å². The Kier molecular flexibility index (Phi) is 6.84. The molecule has 1 aromatic heterocycles. The lowest BCUT2D eigenvalue weighted by Gasteiger charge is -2.27. The molecule has 6 nitrogen and oxygen atoms in total. The quantitative estimate of drug-likeness (QED) is 0.768. The molecule has 1 aliphatic rings. The van der Waals surface area contributed by atoms with Crippen LogP contribution in [0, 0.1) is 0 Å². The highest BCUT2D eigenvalue weighted by molar-refractivity contribution is 6.32. The molecule has 8 heteroatoms. The Morgan fingerprint density at radius 2 is 2.14 bits per heavy atom. The average molecular weight is 406 g/mol. The third-order valence-electron chi connectivity index (χ3n) is 4.34. The summed E-state index contributed by atoms with van der Waals surface area (Å²) in [6, 6.07) is 8.18. The van der Waals surface area contributed by atoms with Crippen molar-refractivity contribution in [2.75, 3.05) is 32.4 Å². The van der Waals surface area contributed by atoms with Gasteiger partial charge in [0.25, 0.3) is 0 Å². The van der Waals surface area contributed by atoms with Crippen LogP contribution in [0.15, 0.2) is 42.6 Å². The van der Waals surface area contributed by atoms with E-state index in [0.29, 0.717) is 42.6 Å². The lowest BCUT2D eigenvalue weighted by atomic mass is 10.0. The van der Waals surface area contributed by atoms with Gasteiger partial charge >= 0.3 is 6.03 Å². The van der Waals surface area contributed by atoms with Crippen molar-refractivity contribution in [1.29, 1.82) is 0 Å². The maximum absolute atomic E-state index is 12.4. The van der Waals surface area contributed by atoms with Crippen LogP contribution in [-0.2, 0) is 11.3 Å². The number of amides is 2. The maximum Gasteiger partial charge on any atom is 0.322 e. The number of urea groups is 1. The third kappa shape index (κ3) is 4.99. The molecule has 2 heterocycles. The van der Waals surface area contributed by atoms with Gasteiger partial charge in [-0.1, -0.05) is 17.7 Å². The van der Waals surface area contributed by atoms with E-state index in [0.717, 1.165) is 16.8 Å². The third-order valence-corrected chi connectivity index (χ3v) is 4.62. The van der Waals surface area contributed by atoms with Crippen LogP contribution in [0.2, 0.25) is 5.02 Å². The highest BCUT2D eigenvalue weighted by Gasteiger charge is 2.20. The summed E-state index contributed by atoms with van der Waals surface area (Å²) in [4.78, 5) is 18.6. The topological polar surface area (TPSA) is 63.7 Å². The lowest BCUT2D eigenvalue weighted by Crippen LogP contribution is -2.37. The molecule has 0 unspecified atom stereocenters. The fourth-order valence-corrected chi connectivity index (χ4v) is 3.24. The summed E-state index contributed by atoms with van der Waals surface area (Å²) in [5.74, 6) is 0.409. The first kappa shape index (κ1) is 20.1. The predicted octanol–water partition coefficient (Wildman–Crippen LogP) is 4.51. The van der Waals surface area contributed by atoms with Crippen molar-refractivity contribution in [3.8, 4) is 5.75 Å². The summed E-state index contributed by atoms with van der Waals surface area (Å²) in [6.45, 7) is 0.587. The minimum absolute atomic E-state index is 0.205. The first-order valence-corrected chi connectivity index (χ1v) is 9.16. The number of aromatic nitrogens is 1. The van der Waals surface area contributed by atoms with Gasteiger partial charge in [-0.15, -0.1) is 0 Å². The molecule has 0 atom stereocenters. The summed E-state index contributed by atoms with van der Waals surface area (Å²) < 4.78 is 22.0. The summed E-state index contributed by atoms with van der Waals surface area (Å²) in [6.07, 6.45) is 4.37. The molecular formula is C20H21ClFN3O3. The molecule has 0 fully saturated rings. The maximum atomic E-state index is 12.4. The molecule has 0 bridgehead atoms. The van der Waals surface area contributed by atoms with E-state index < -0.39 is 6.86 Å². The molecule has 148 valence electrons. The molecule has 2 aromatic rings. The number of anilines is 1. The first-order valence-electron chi connectivity index (χ1n) is 8.78. The van der Waals surface area contributed by atoms with E-state index >= 15 is 0 Å². The molecular weight excluding hydrogens is 385 g/mol. The number of carbonyl (C=O) groups is 1. The number of ether oxygens (including phenoxy) is 2. The molecule has 0 spiro atoms. The van der Waals surface area contributed by atoms with Gasteiger partial charge in [0, 0.05) is 32.1 Å². The Morgan fingerprint density at radius 3 is 2.75 bits per heavy atom. The van der Waals surface area contributed by atoms with E-state index in [1.165, 1.54) is 0 Å². The van der Waals surface area contributed by atoms with Crippen molar-refractivity contribution in [2.45, 2.75) is 13.0 Å². The Hall–Kier alpha value is -2.64. The van der Waals surface area contributed by atoms with E-state index in [4.69, 9.17) is 21.1 Å². The van der Waals surface area contributed by atoms with Crippen LogP contribution in [-0.4, -0.2) is 43.0 Å². The normalized spacial score (nSPS) is 13.8. The Morgan fingerprint density at radius 1 is 1.36 bits per heavy atom. The van der Waals surface area contributed by atoms with Crippen molar-refractivity contribution in [3.63, 3.8) is 0 Å². The van der Waals surface area contributed by atoms with Crippen LogP contribution >= 0.6 is 11.6 Å². The van der Waals surface area contributed by atoms with E-state index in [1.807, 2.05) is 12.1 Å². The summed E-state index contributed by atoms with van der Waals surface area (Å²) >= 11 is 6.35. The van der Waals surface area contributed by atoms with Crippen molar-refractivity contribution >= 4 is 28.9 Å². The zero-order valence-corrected chi connectivity index (χ0v) is 16.2. The van der Waals surface area contributed by atoms with E-state index in [2.05, 4.69) is 10.3 Å². The van der Waals surface area contributed by atoms with Gasteiger partial charge in [0.1, 0.15) is 5.75 Å². The van der Waals surface area contributed by atoms with Gasteiger partial charge in [0.2, 0.25) is 6.86 Å². The number of nitrogens with one attached hydrogen (secondary N) is 1. The Labute approximate surface area is 167 Å². The highest BCUT2D eigenvalue weighted by Crippen LogP contribution is 2.28. The number of hydrogen-bond donors (Lipinski definition) is 1. The Bertz CT molecular complexity index is 858. The van der Waals surface area contributed by atoms with Crippen LogP contribution in [0.1, 0.15) is 17.7 Å². The van der Waals surface area contributed by atoms with Crippen LogP contribution < -0.4 is 10.1 Å². The van der Waals surface area contributed by atoms with Gasteiger partial charge in [-0.25, -0.2) is 9.18 Å². The van der Waals surface area contributed by atoms with Gasteiger partial charge in [0.15, 0.2) is 0 Å². The second-order valence-electron chi connectivity index (χ2n) is 6.24. The van der Waals surface area contributed by atoms with Crippen molar-refractivity contribution < 1.29 is 18.7 Å². The molecule has 3 rings (SSSR count). The smallest absolute Gasteiger partial charge is 0.322 e. The standard InChI is InChI=1S/C20H21ClFN3O3/c1-27-12-14-10-18(21)19(23-11-14)15-6-8-25(9-7-15)20(26)24-16-2-4-17(5-3-16)28-13-22/h2-6,10-11H,7-9,12-13H2,1H3,(H,24,26). The van der Waals surface area contributed by atoms with Crippen molar-refractivity contribution in [2.24, 2.45) is 0 Å². The number of halogens is 2. The highest BCUT2D eigenvalue weighted by atomic mass is 35.5. The number of carbonyl (C=O) groups excluding carboxylic acids is 1. The number of methoxy groups -OCH3 is 1. The minimum Gasteiger partial charge on any atom is -0.463 e. The number of pyridine rings is 1.